The second-order valence-electron chi connectivity index (χ2n) is 4.95. The molecule has 0 amide bonds. The molecular formula is C19H19FO3. The summed E-state index contributed by atoms with van der Waals surface area (Å²) >= 11 is 0. The Balaban J connectivity index is 1.88. The number of rotatable bonds is 7. The summed E-state index contributed by atoms with van der Waals surface area (Å²) in [6, 6.07) is 13.7. The van der Waals surface area contributed by atoms with E-state index in [-0.39, 0.29) is 18.4 Å². The highest BCUT2D eigenvalue weighted by Gasteiger charge is 2.02. The maximum Gasteiger partial charge on any atom is 0.330 e. The first kappa shape index (κ1) is 16.7. The van der Waals surface area contributed by atoms with Gasteiger partial charge in [-0.3, -0.25) is 0 Å². The highest BCUT2D eigenvalue weighted by molar-refractivity contribution is 5.87. The molecule has 2 aromatic carbocycles. The summed E-state index contributed by atoms with van der Waals surface area (Å²) in [7, 11) is 0. The monoisotopic (exact) mass is 314 g/mol. The molecule has 0 fully saturated rings. The van der Waals surface area contributed by atoms with Crippen LogP contribution in [-0.4, -0.2) is 12.6 Å². The Morgan fingerprint density at radius 1 is 1.13 bits per heavy atom. The van der Waals surface area contributed by atoms with E-state index in [1.54, 1.807) is 36.4 Å². The smallest absolute Gasteiger partial charge is 0.330 e. The SMILES string of the molecule is CCCOC(=O)C=Cc1ccc(OCc2ccccc2F)cc1. The largest absolute Gasteiger partial charge is 0.489 e. The van der Waals surface area contributed by atoms with E-state index in [4.69, 9.17) is 9.47 Å². The van der Waals surface area contributed by atoms with Gasteiger partial charge in [0.15, 0.2) is 0 Å². The number of benzene rings is 2. The maximum absolute atomic E-state index is 13.5. The number of carbonyl (C=O) groups excluding carboxylic acids is 1. The van der Waals surface area contributed by atoms with Crippen LogP contribution in [0.1, 0.15) is 24.5 Å². The molecule has 120 valence electrons. The molecule has 0 spiro atoms. The molecule has 3 nitrogen and oxygen atoms in total. The molecule has 2 aromatic rings. The minimum Gasteiger partial charge on any atom is -0.489 e. The normalized spacial score (nSPS) is 10.7. The average molecular weight is 314 g/mol. The first-order valence-corrected chi connectivity index (χ1v) is 7.50. The van der Waals surface area contributed by atoms with Crippen molar-refractivity contribution >= 4 is 12.0 Å². The third kappa shape index (κ3) is 5.58. The molecule has 4 heteroatoms. The fraction of sp³-hybridized carbons (Fsp3) is 0.211. The van der Waals surface area contributed by atoms with Crippen molar-refractivity contribution in [2.45, 2.75) is 20.0 Å². The minimum absolute atomic E-state index is 0.172. The van der Waals surface area contributed by atoms with Crippen molar-refractivity contribution in [3.8, 4) is 5.75 Å². The van der Waals surface area contributed by atoms with Gasteiger partial charge in [-0.25, -0.2) is 9.18 Å². The molecule has 0 N–H and O–H groups in total. The molecule has 23 heavy (non-hydrogen) atoms. The van der Waals surface area contributed by atoms with Crippen molar-refractivity contribution in [2.75, 3.05) is 6.61 Å². The van der Waals surface area contributed by atoms with Crippen LogP contribution in [0.25, 0.3) is 6.08 Å². The fourth-order valence-corrected chi connectivity index (χ4v) is 1.87. The van der Waals surface area contributed by atoms with Gasteiger partial charge in [-0.2, -0.15) is 0 Å². The van der Waals surface area contributed by atoms with Crippen LogP contribution in [0.5, 0.6) is 5.75 Å². The minimum atomic E-state index is -0.355. The van der Waals surface area contributed by atoms with Gasteiger partial charge in [0.05, 0.1) is 6.61 Å². The van der Waals surface area contributed by atoms with Crippen LogP contribution in [0.2, 0.25) is 0 Å². The Morgan fingerprint density at radius 3 is 2.57 bits per heavy atom. The van der Waals surface area contributed by atoms with E-state index < -0.39 is 0 Å². The molecule has 2 rings (SSSR count). The lowest BCUT2D eigenvalue weighted by Gasteiger charge is -2.07. The number of hydrogen-bond donors (Lipinski definition) is 0. The van der Waals surface area contributed by atoms with Gasteiger partial charge < -0.3 is 9.47 Å². The molecule has 0 atom stereocenters. The Hall–Kier alpha value is -2.62. The Bertz CT molecular complexity index is 663. The van der Waals surface area contributed by atoms with Crippen LogP contribution in [-0.2, 0) is 16.1 Å². The van der Waals surface area contributed by atoms with Gasteiger partial charge in [0.1, 0.15) is 18.2 Å². The van der Waals surface area contributed by atoms with Gasteiger partial charge >= 0.3 is 5.97 Å². The zero-order valence-electron chi connectivity index (χ0n) is 13.0. The van der Waals surface area contributed by atoms with E-state index in [2.05, 4.69) is 0 Å². The third-order valence-electron chi connectivity index (χ3n) is 3.09. The maximum atomic E-state index is 13.5. The van der Waals surface area contributed by atoms with Crippen LogP contribution in [0, 0.1) is 5.82 Å². The van der Waals surface area contributed by atoms with E-state index in [0.29, 0.717) is 17.9 Å². The molecule has 0 radical (unpaired) electrons. The molecule has 0 heterocycles. The number of esters is 1. The van der Waals surface area contributed by atoms with Gasteiger partial charge in [-0.15, -0.1) is 0 Å². The molecular weight excluding hydrogens is 295 g/mol. The Kier molecular flexibility index (Phi) is 6.36. The summed E-state index contributed by atoms with van der Waals surface area (Å²) in [5.74, 6) is 0.00309. The van der Waals surface area contributed by atoms with Crippen molar-refractivity contribution < 1.29 is 18.7 Å². The van der Waals surface area contributed by atoms with Gasteiger partial charge in [0, 0.05) is 11.6 Å². The quantitative estimate of drug-likeness (QED) is 0.562. The molecule has 0 unspecified atom stereocenters. The Labute approximate surface area is 135 Å². The lowest BCUT2D eigenvalue weighted by molar-refractivity contribution is -0.137. The van der Waals surface area contributed by atoms with Crippen molar-refractivity contribution in [3.63, 3.8) is 0 Å². The Morgan fingerprint density at radius 2 is 1.87 bits per heavy atom. The van der Waals surface area contributed by atoms with E-state index >= 15 is 0 Å². The number of carbonyl (C=O) groups is 1. The van der Waals surface area contributed by atoms with Gasteiger partial charge in [0.25, 0.3) is 0 Å². The van der Waals surface area contributed by atoms with E-state index in [1.807, 2.05) is 19.1 Å². The lowest BCUT2D eigenvalue weighted by Crippen LogP contribution is -2.00. The average Bonchev–Trinajstić information content (AvgIpc) is 2.58. The van der Waals surface area contributed by atoms with Crippen molar-refractivity contribution in [1.29, 1.82) is 0 Å². The highest BCUT2D eigenvalue weighted by atomic mass is 19.1. The van der Waals surface area contributed by atoms with Gasteiger partial charge in [-0.1, -0.05) is 37.3 Å². The van der Waals surface area contributed by atoms with E-state index in [1.165, 1.54) is 12.1 Å². The highest BCUT2D eigenvalue weighted by Crippen LogP contribution is 2.16. The number of halogens is 1. The summed E-state index contributed by atoms with van der Waals surface area (Å²) in [5.41, 5.74) is 1.37. The predicted octanol–water partition coefficient (Wildman–Crippen LogP) is 4.37. The van der Waals surface area contributed by atoms with Crippen LogP contribution < -0.4 is 4.74 Å². The number of hydrogen-bond acceptors (Lipinski definition) is 3. The molecule has 0 aliphatic heterocycles. The second kappa shape index (κ2) is 8.73. The molecule has 0 saturated carbocycles. The standard InChI is InChI=1S/C19H19FO3/c1-2-13-22-19(21)12-9-15-7-10-17(11-8-15)23-14-16-5-3-4-6-18(16)20/h3-12H,2,13-14H2,1H3. The molecule has 0 aliphatic rings. The fourth-order valence-electron chi connectivity index (χ4n) is 1.87. The van der Waals surface area contributed by atoms with Crippen molar-refractivity contribution in [2.24, 2.45) is 0 Å². The van der Waals surface area contributed by atoms with Crippen LogP contribution >= 0.6 is 0 Å². The zero-order chi connectivity index (χ0) is 16.5. The summed E-state index contributed by atoms with van der Waals surface area (Å²) < 4.78 is 24.0. The number of ether oxygens (including phenoxy) is 2. The first-order valence-electron chi connectivity index (χ1n) is 7.50. The predicted molar refractivity (Wildman–Crippen MR) is 87.5 cm³/mol. The lowest BCUT2D eigenvalue weighted by atomic mass is 10.2. The molecule has 0 bridgehead atoms. The first-order chi connectivity index (χ1) is 11.2. The van der Waals surface area contributed by atoms with Gasteiger partial charge in [0.2, 0.25) is 0 Å². The van der Waals surface area contributed by atoms with Crippen molar-refractivity contribution in [3.05, 3.63) is 71.6 Å². The van der Waals surface area contributed by atoms with Gasteiger partial charge in [-0.05, 0) is 36.3 Å². The van der Waals surface area contributed by atoms with Crippen molar-refractivity contribution in [1.82, 2.24) is 0 Å². The summed E-state index contributed by atoms with van der Waals surface area (Å²) in [6.45, 7) is 2.54. The summed E-state index contributed by atoms with van der Waals surface area (Å²) in [4.78, 5) is 11.4. The third-order valence-corrected chi connectivity index (χ3v) is 3.09. The van der Waals surface area contributed by atoms with Crippen LogP contribution in [0.3, 0.4) is 0 Å². The molecule has 0 aromatic heterocycles. The molecule has 0 aliphatic carbocycles. The van der Waals surface area contributed by atoms with E-state index in [9.17, 15) is 9.18 Å². The van der Waals surface area contributed by atoms with Crippen LogP contribution in [0.15, 0.2) is 54.6 Å². The molecule has 0 saturated heterocycles. The van der Waals surface area contributed by atoms with Crippen LogP contribution in [0.4, 0.5) is 4.39 Å². The zero-order valence-corrected chi connectivity index (χ0v) is 13.0. The summed E-state index contributed by atoms with van der Waals surface area (Å²) in [5, 5.41) is 0. The summed E-state index contributed by atoms with van der Waals surface area (Å²) in [6.07, 6.45) is 3.87. The topological polar surface area (TPSA) is 35.5 Å². The van der Waals surface area contributed by atoms with E-state index in [0.717, 1.165) is 12.0 Å². The second-order valence-corrected chi connectivity index (χ2v) is 4.95.